The average Bonchev–Trinajstić information content (AvgIpc) is 2.80. The minimum atomic E-state index is -5.32. The van der Waals surface area contributed by atoms with Gasteiger partial charge in [-0.3, -0.25) is 18.2 Å². The fraction of sp³-hybridized carbons (Fsp3) is 0. The number of hydrogen-bond acceptors (Lipinski definition) is 13. The first-order valence-corrected chi connectivity index (χ1v) is 16.0. The van der Waals surface area contributed by atoms with Gasteiger partial charge in [-0.1, -0.05) is 6.07 Å². The van der Waals surface area contributed by atoms with Crippen molar-refractivity contribution in [1.29, 1.82) is 0 Å². The Morgan fingerprint density at radius 2 is 1.02 bits per heavy atom. The van der Waals surface area contributed by atoms with Gasteiger partial charge in [0, 0.05) is 11.5 Å². The molecule has 4 aromatic rings. The van der Waals surface area contributed by atoms with Gasteiger partial charge in [0.15, 0.2) is 11.5 Å². The van der Waals surface area contributed by atoms with Gasteiger partial charge in [-0.2, -0.15) is 33.7 Å². The van der Waals surface area contributed by atoms with E-state index in [4.69, 9.17) is 0 Å². The van der Waals surface area contributed by atoms with Crippen molar-refractivity contribution in [3.63, 3.8) is 0 Å². The predicted octanol–water partition coefficient (Wildman–Crippen LogP) is 2.51. The molecule has 0 fully saturated rings. The Bertz CT molecular complexity index is 2280. The molecule has 7 N–H and O–H groups in total. The predicted molar refractivity (Wildman–Crippen MR) is 136 cm³/mol. The van der Waals surface area contributed by atoms with Crippen LogP contribution in [-0.2, 0) is 40.5 Å². The Morgan fingerprint density at radius 3 is 1.56 bits per heavy atom. The number of benzene rings is 4. The summed E-state index contributed by atoms with van der Waals surface area (Å²) in [4.78, 5) is -4.11. The SMILES string of the molecule is O=S(=O)(O)c1ccc2c(N=Nc3c(S(=O)(=O)O)cc4cc(S(=O)(=O)O)cc(O)c4c3O)c(O)c(S(=O)(=O)O)cc2c1. The summed E-state index contributed by atoms with van der Waals surface area (Å²) < 4.78 is 132. The normalized spacial score (nSPS) is 13.4. The summed E-state index contributed by atoms with van der Waals surface area (Å²) in [5, 5.41) is 36.8. The van der Waals surface area contributed by atoms with Crippen LogP contribution in [0.15, 0.2) is 72.3 Å². The van der Waals surface area contributed by atoms with Crippen LogP contribution >= 0.6 is 0 Å². The molecule has 0 aliphatic rings. The highest BCUT2D eigenvalue weighted by atomic mass is 32.2. The Morgan fingerprint density at radius 1 is 0.512 bits per heavy atom. The molecule has 0 radical (unpaired) electrons. The standard InChI is InChI=1S/C20H14N2O15S4/c23-13-7-11(39(29,30)31)4-9-6-14(40(32,33)34)18(20(25)16(9)13)22-21-17-12-2-1-10(38(26,27)28)3-8(12)5-15(19(17)24)41(35,36)37/h1-7,23-25H,(H,26,27,28)(H,29,30,31)(H,32,33,34)(H,35,36,37). The Balaban J connectivity index is 2.10. The van der Waals surface area contributed by atoms with Crippen LogP contribution in [0.3, 0.4) is 0 Å². The number of phenolic OH excluding ortho intramolecular Hbond substituents is 3. The van der Waals surface area contributed by atoms with Gasteiger partial charge in [-0.15, -0.1) is 10.2 Å². The van der Waals surface area contributed by atoms with Gasteiger partial charge in [-0.25, -0.2) is 0 Å². The molecular formula is C20H14N2O15S4. The summed E-state index contributed by atoms with van der Waals surface area (Å²) in [6.07, 6.45) is 0. The number of hydrogen-bond donors (Lipinski definition) is 7. The molecule has 218 valence electrons. The summed E-state index contributed by atoms with van der Waals surface area (Å²) in [7, 11) is -20.3. The van der Waals surface area contributed by atoms with Gasteiger partial charge in [0.2, 0.25) is 0 Å². The zero-order chi connectivity index (χ0) is 30.9. The van der Waals surface area contributed by atoms with E-state index in [0.717, 1.165) is 18.2 Å². The van der Waals surface area contributed by atoms with Crippen molar-refractivity contribution < 1.29 is 67.2 Å². The van der Waals surface area contributed by atoms with Crippen molar-refractivity contribution in [2.24, 2.45) is 10.2 Å². The monoisotopic (exact) mass is 650 g/mol. The number of rotatable bonds is 6. The fourth-order valence-corrected chi connectivity index (χ4v) is 6.10. The maximum absolute atomic E-state index is 12.1. The van der Waals surface area contributed by atoms with E-state index in [1.54, 1.807) is 0 Å². The maximum Gasteiger partial charge on any atom is 0.298 e. The molecule has 0 saturated heterocycles. The molecule has 0 heterocycles. The molecule has 0 aromatic heterocycles. The lowest BCUT2D eigenvalue weighted by Crippen LogP contribution is -2.01. The van der Waals surface area contributed by atoms with E-state index >= 15 is 0 Å². The van der Waals surface area contributed by atoms with Crippen molar-refractivity contribution in [3.8, 4) is 17.2 Å². The Kier molecular flexibility index (Phi) is 7.00. The molecule has 0 saturated carbocycles. The quantitative estimate of drug-likeness (QED) is 0.116. The van der Waals surface area contributed by atoms with Crippen molar-refractivity contribution in [2.75, 3.05) is 0 Å². The summed E-state index contributed by atoms with van der Waals surface area (Å²) in [5.41, 5.74) is -1.96. The molecule has 0 spiro atoms. The minimum absolute atomic E-state index is 0.277. The summed E-state index contributed by atoms with van der Waals surface area (Å²) >= 11 is 0. The van der Waals surface area contributed by atoms with Gasteiger partial charge in [0.25, 0.3) is 40.5 Å². The first kappa shape index (κ1) is 30.0. The Labute approximate surface area is 229 Å². The largest absolute Gasteiger partial charge is 0.507 e. The van der Waals surface area contributed by atoms with E-state index < -0.39 is 99.5 Å². The maximum atomic E-state index is 12.1. The third kappa shape index (κ3) is 5.64. The van der Waals surface area contributed by atoms with Crippen LogP contribution in [0.1, 0.15) is 0 Å². The highest BCUT2D eigenvalue weighted by Crippen LogP contribution is 2.47. The van der Waals surface area contributed by atoms with Crippen LogP contribution in [-0.4, -0.2) is 67.2 Å². The van der Waals surface area contributed by atoms with Crippen LogP contribution in [0, 0.1) is 0 Å². The molecule has 0 bridgehead atoms. The van der Waals surface area contributed by atoms with E-state index in [2.05, 4.69) is 10.2 Å². The molecule has 0 atom stereocenters. The summed E-state index contributed by atoms with van der Waals surface area (Å²) in [6.45, 7) is 0. The number of aromatic hydroxyl groups is 3. The van der Waals surface area contributed by atoms with E-state index in [9.17, 15) is 67.2 Å². The van der Waals surface area contributed by atoms with Gasteiger partial charge >= 0.3 is 0 Å². The van der Waals surface area contributed by atoms with Crippen LogP contribution in [0.2, 0.25) is 0 Å². The number of fused-ring (bicyclic) bond motifs is 2. The molecule has 0 unspecified atom stereocenters. The molecular weight excluding hydrogens is 636 g/mol. The van der Waals surface area contributed by atoms with Crippen LogP contribution < -0.4 is 0 Å². The highest BCUT2D eigenvalue weighted by molar-refractivity contribution is 7.86. The minimum Gasteiger partial charge on any atom is -0.507 e. The second-order valence-corrected chi connectivity index (χ2v) is 13.8. The molecule has 41 heavy (non-hydrogen) atoms. The van der Waals surface area contributed by atoms with Gasteiger partial charge < -0.3 is 15.3 Å². The molecule has 4 aromatic carbocycles. The second-order valence-electron chi connectivity index (χ2n) is 8.17. The third-order valence-electron chi connectivity index (χ3n) is 5.53. The van der Waals surface area contributed by atoms with E-state index in [1.165, 1.54) is 0 Å². The molecule has 0 aliphatic heterocycles. The van der Waals surface area contributed by atoms with Gasteiger partial charge in [-0.05, 0) is 41.1 Å². The Hall–Kier alpha value is -3.96. The third-order valence-corrected chi connectivity index (χ3v) is 8.94. The van der Waals surface area contributed by atoms with E-state index in [1.807, 2.05) is 0 Å². The zero-order valence-electron chi connectivity index (χ0n) is 19.5. The van der Waals surface area contributed by atoms with Crippen LogP contribution in [0.25, 0.3) is 21.5 Å². The zero-order valence-corrected chi connectivity index (χ0v) is 22.7. The number of azo groups is 1. The summed E-state index contributed by atoms with van der Waals surface area (Å²) in [6, 6.07) is 4.76. The molecule has 0 aliphatic carbocycles. The topological polar surface area (TPSA) is 303 Å². The average molecular weight is 651 g/mol. The van der Waals surface area contributed by atoms with Gasteiger partial charge in [0.1, 0.15) is 26.9 Å². The van der Waals surface area contributed by atoms with Gasteiger partial charge in [0.05, 0.1) is 15.2 Å². The lowest BCUT2D eigenvalue weighted by molar-refractivity contribution is 0.444. The lowest BCUT2D eigenvalue weighted by atomic mass is 10.1. The van der Waals surface area contributed by atoms with Crippen LogP contribution in [0.4, 0.5) is 11.4 Å². The molecule has 17 nitrogen and oxygen atoms in total. The van der Waals surface area contributed by atoms with E-state index in [-0.39, 0.29) is 10.8 Å². The fourth-order valence-electron chi connectivity index (χ4n) is 3.77. The molecule has 4 rings (SSSR count). The van der Waals surface area contributed by atoms with Crippen molar-refractivity contribution >= 4 is 73.4 Å². The molecule has 21 heteroatoms. The highest BCUT2D eigenvalue weighted by Gasteiger charge is 2.27. The first-order valence-electron chi connectivity index (χ1n) is 10.2. The number of nitrogens with zero attached hydrogens (tertiary/aromatic N) is 2. The smallest absolute Gasteiger partial charge is 0.298 e. The number of phenols is 3. The second kappa shape index (κ2) is 9.56. The summed E-state index contributed by atoms with van der Waals surface area (Å²) in [5.74, 6) is -3.51. The van der Waals surface area contributed by atoms with E-state index in [0.29, 0.717) is 24.3 Å². The van der Waals surface area contributed by atoms with Crippen molar-refractivity contribution in [1.82, 2.24) is 0 Å². The first-order chi connectivity index (χ1) is 18.6. The van der Waals surface area contributed by atoms with Crippen molar-refractivity contribution in [3.05, 3.63) is 42.5 Å². The lowest BCUT2D eigenvalue weighted by Gasteiger charge is -2.12. The van der Waals surface area contributed by atoms with Crippen LogP contribution in [0.5, 0.6) is 17.2 Å². The van der Waals surface area contributed by atoms with Crippen molar-refractivity contribution in [2.45, 2.75) is 19.6 Å². The molecule has 0 amide bonds.